The third-order valence-electron chi connectivity index (χ3n) is 7.25. The van der Waals surface area contributed by atoms with Gasteiger partial charge in [-0.05, 0) is 50.3 Å². The predicted octanol–water partition coefficient (Wildman–Crippen LogP) is 5.71. The summed E-state index contributed by atoms with van der Waals surface area (Å²) < 4.78 is 0. The van der Waals surface area contributed by atoms with Crippen molar-refractivity contribution in [3.05, 3.63) is 24.3 Å². The summed E-state index contributed by atoms with van der Waals surface area (Å²) >= 11 is 0. The smallest absolute Gasteiger partial charge is 0.225 e. The van der Waals surface area contributed by atoms with E-state index in [1.807, 2.05) is 0 Å². The summed E-state index contributed by atoms with van der Waals surface area (Å²) in [5.74, 6) is 2.75. The Bertz CT molecular complexity index is 811. The average Bonchev–Trinajstić information content (AvgIpc) is 3.20. The molecule has 2 aliphatic rings. The standard InChI is InChI=1S/C26H41N5/c1-3-21(4-2)19-30-16-12-9-13-22(20-30)27-26-28-24-15-8-7-14-23(24)25(29-26)31-17-10-5-6-11-18-31/h7-8,14-15,21-22H,3-6,9-13,16-20H2,1-2H3,(H,27,28,29)/t22-/m1/s1. The zero-order valence-electron chi connectivity index (χ0n) is 19.7. The van der Waals surface area contributed by atoms with Crippen LogP contribution in [0.2, 0.25) is 0 Å². The summed E-state index contributed by atoms with van der Waals surface area (Å²) in [5, 5.41) is 4.94. The quantitative estimate of drug-likeness (QED) is 0.618. The third kappa shape index (κ3) is 5.88. The number of likely N-dealkylation sites (tertiary alicyclic amines) is 1. The molecule has 0 bridgehead atoms. The Kier molecular flexibility index (Phi) is 8.01. The largest absolute Gasteiger partial charge is 0.356 e. The number of hydrogen-bond acceptors (Lipinski definition) is 5. The molecule has 5 heteroatoms. The lowest BCUT2D eigenvalue weighted by atomic mass is 10.0. The fourth-order valence-electron chi connectivity index (χ4n) is 5.25. The molecule has 1 aromatic carbocycles. The van der Waals surface area contributed by atoms with Crippen LogP contribution < -0.4 is 10.2 Å². The van der Waals surface area contributed by atoms with Gasteiger partial charge in [0.25, 0.3) is 0 Å². The van der Waals surface area contributed by atoms with Gasteiger partial charge in [-0.2, -0.15) is 4.98 Å². The first-order valence-electron chi connectivity index (χ1n) is 12.8. The molecule has 0 radical (unpaired) electrons. The zero-order chi connectivity index (χ0) is 21.5. The highest BCUT2D eigenvalue weighted by Gasteiger charge is 2.22. The number of nitrogens with zero attached hydrogens (tertiary/aromatic N) is 4. The molecule has 2 fully saturated rings. The number of nitrogens with one attached hydrogen (secondary N) is 1. The zero-order valence-corrected chi connectivity index (χ0v) is 19.7. The van der Waals surface area contributed by atoms with Crippen LogP contribution in [0, 0.1) is 5.92 Å². The molecule has 1 atom stereocenters. The molecule has 5 nitrogen and oxygen atoms in total. The van der Waals surface area contributed by atoms with Crippen LogP contribution in [-0.2, 0) is 0 Å². The Morgan fingerprint density at radius 2 is 1.68 bits per heavy atom. The van der Waals surface area contributed by atoms with E-state index in [-0.39, 0.29) is 0 Å². The maximum Gasteiger partial charge on any atom is 0.225 e. The summed E-state index contributed by atoms with van der Waals surface area (Å²) in [7, 11) is 0. The van der Waals surface area contributed by atoms with E-state index in [2.05, 4.69) is 53.2 Å². The molecule has 1 N–H and O–H groups in total. The Balaban J connectivity index is 1.54. The lowest BCUT2D eigenvalue weighted by Gasteiger charge is -2.28. The summed E-state index contributed by atoms with van der Waals surface area (Å²) in [6.45, 7) is 10.4. The molecule has 0 amide bonds. The fourth-order valence-corrected chi connectivity index (χ4v) is 5.25. The molecular formula is C26H41N5. The first kappa shape index (κ1) is 22.3. The van der Waals surface area contributed by atoms with Crippen molar-refractivity contribution >= 4 is 22.7 Å². The molecule has 0 saturated carbocycles. The van der Waals surface area contributed by atoms with Crippen molar-refractivity contribution in [2.24, 2.45) is 5.92 Å². The van der Waals surface area contributed by atoms with E-state index < -0.39 is 0 Å². The van der Waals surface area contributed by atoms with Gasteiger partial charge in [-0.15, -0.1) is 0 Å². The highest BCUT2D eigenvalue weighted by atomic mass is 15.2. The van der Waals surface area contributed by atoms with Crippen molar-refractivity contribution in [1.82, 2.24) is 14.9 Å². The topological polar surface area (TPSA) is 44.3 Å². The molecule has 170 valence electrons. The van der Waals surface area contributed by atoms with Crippen LogP contribution in [0.1, 0.15) is 71.6 Å². The molecular weight excluding hydrogens is 382 g/mol. The van der Waals surface area contributed by atoms with Gasteiger partial charge in [0.2, 0.25) is 5.95 Å². The van der Waals surface area contributed by atoms with E-state index in [1.54, 1.807) is 0 Å². The Hall–Kier alpha value is -1.88. The summed E-state index contributed by atoms with van der Waals surface area (Å²) in [6, 6.07) is 8.95. The SMILES string of the molecule is CCC(CC)CN1CCCC[C@@H](Nc2nc(N3CCCCCC3)c3ccccc3n2)C1. The Labute approximate surface area is 188 Å². The lowest BCUT2D eigenvalue weighted by molar-refractivity contribution is 0.226. The van der Waals surface area contributed by atoms with Gasteiger partial charge < -0.3 is 15.1 Å². The number of aromatic nitrogens is 2. The maximum absolute atomic E-state index is 5.09. The molecule has 2 aromatic rings. The van der Waals surface area contributed by atoms with Gasteiger partial charge in [-0.1, -0.05) is 58.1 Å². The van der Waals surface area contributed by atoms with Crippen LogP contribution in [0.3, 0.4) is 0 Å². The minimum absolute atomic E-state index is 0.426. The highest BCUT2D eigenvalue weighted by Crippen LogP contribution is 2.28. The van der Waals surface area contributed by atoms with Crippen LogP contribution in [0.25, 0.3) is 10.9 Å². The second-order valence-electron chi connectivity index (χ2n) is 9.57. The van der Waals surface area contributed by atoms with Crippen molar-refractivity contribution in [3.8, 4) is 0 Å². The van der Waals surface area contributed by atoms with Gasteiger partial charge in [-0.3, -0.25) is 0 Å². The van der Waals surface area contributed by atoms with Crippen LogP contribution >= 0.6 is 0 Å². The van der Waals surface area contributed by atoms with E-state index in [9.17, 15) is 0 Å². The normalized spacial score (nSPS) is 21.3. The van der Waals surface area contributed by atoms with Gasteiger partial charge in [0.1, 0.15) is 5.82 Å². The number of rotatable bonds is 7. The maximum atomic E-state index is 5.09. The molecule has 0 aliphatic carbocycles. The summed E-state index contributed by atoms with van der Waals surface area (Å²) in [4.78, 5) is 15.2. The van der Waals surface area contributed by atoms with E-state index >= 15 is 0 Å². The van der Waals surface area contributed by atoms with Crippen LogP contribution in [0.15, 0.2) is 24.3 Å². The van der Waals surface area contributed by atoms with Gasteiger partial charge in [0.15, 0.2) is 0 Å². The van der Waals surface area contributed by atoms with Gasteiger partial charge >= 0.3 is 0 Å². The van der Waals surface area contributed by atoms with Crippen molar-refractivity contribution < 1.29 is 0 Å². The molecule has 1 aromatic heterocycles. The first-order valence-corrected chi connectivity index (χ1v) is 12.8. The molecule has 0 spiro atoms. The third-order valence-corrected chi connectivity index (χ3v) is 7.25. The van der Waals surface area contributed by atoms with Crippen LogP contribution in [0.5, 0.6) is 0 Å². The molecule has 3 heterocycles. The molecule has 0 unspecified atom stereocenters. The van der Waals surface area contributed by atoms with E-state index in [4.69, 9.17) is 9.97 Å². The lowest BCUT2D eigenvalue weighted by Crippen LogP contribution is -2.38. The fraction of sp³-hybridized carbons (Fsp3) is 0.692. The average molecular weight is 424 g/mol. The first-order chi connectivity index (χ1) is 15.3. The number of hydrogen-bond donors (Lipinski definition) is 1. The van der Waals surface area contributed by atoms with Crippen molar-refractivity contribution in [2.45, 2.75) is 77.7 Å². The van der Waals surface area contributed by atoms with Gasteiger partial charge in [0.05, 0.1) is 5.52 Å². The van der Waals surface area contributed by atoms with Crippen LogP contribution in [-0.4, -0.2) is 53.6 Å². The predicted molar refractivity (Wildman–Crippen MR) is 132 cm³/mol. The van der Waals surface area contributed by atoms with Crippen LogP contribution in [0.4, 0.5) is 11.8 Å². The molecule has 31 heavy (non-hydrogen) atoms. The van der Waals surface area contributed by atoms with E-state index in [0.717, 1.165) is 42.8 Å². The minimum Gasteiger partial charge on any atom is -0.356 e. The summed E-state index contributed by atoms with van der Waals surface area (Å²) in [5.41, 5.74) is 1.06. The Morgan fingerprint density at radius 3 is 2.45 bits per heavy atom. The van der Waals surface area contributed by atoms with Crippen molar-refractivity contribution in [2.75, 3.05) is 42.9 Å². The van der Waals surface area contributed by atoms with Crippen molar-refractivity contribution in [1.29, 1.82) is 0 Å². The van der Waals surface area contributed by atoms with E-state index in [0.29, 0.717) is 6.04 Å². The second-order valence-corrected chi connectivity index (χ2v) is 9.57. The summed E-state index contributed by atoms with van der Waals surface area (Å²) in [6.07, 6.45) is 11.5. The molecule has 2 saturated heterocycles. The number of anilines is 2. The molecule has 2 aliphatic heterocycles. The van der Waals surface area contributed by atoms with Gasteiger partial charge in [0, 0.05) is 37.6 Å². The number of benzene rings is 1. The minimum atomic E-state index is 0.426. The second kappa shape index (κ2) is 11.1. The van der Waals surface area contributed by atoms with Gasteiger partial charge in [-0.25, -0.2) is 4.98 Å². The monoisotopic (exact) mass is 423 g/mol. The van der Waals surface area contributed by atoms with Crippen molar-refractivity contribution in [3.63, 3.8) is 0 Å². The van der Waals surface area contributed by atoms with E-state index in [1.165, 1.54) is 76.3 Å². The highest BCUT2D eigenvalue weighted by molar-refractivity contribution is 5.90. The molecule has 4 rings (SSSR count). The number of fused-ring (bicyclic) bond motifs is 1. The number of para-hydroxylation sites is 1. The Morgan fingerprint density at radius 1 is 0.935 bits per heavy atom.